The molecule has 3 nitrogen and oxygen atoms in total. The number of carbonyl (C=O) groups excluding carboxylic acids is 1. The smallest absolute Gasteiger partial charge is 0.220 e. The summed E-state index contributed by atoms with van der Waals surface area (Å²) in [6, 6.07) is 0. The molecule has 0 bridgehead atoms. The summed E-state index contributed by atoms with van der Waals surface area (Å²) in [5.74, 6) is 0.801. The van der Waals surface area contributed by atoms with Crippen molar-refractivity contribution in [1.29, 1.82) is 0 Å². The first-order chi connectivity index (χ1) is 7.72. The van der Waals surface area contributed by atoms with E-state index in [1.807, 2.05) is 13.8 Å². The van der Waals surface area contributed by atoms with Crippen LogP contribution in [0.5, 0.6) is 0 Å². The molecule has 0 unspecified atom stereocenters. The number of aliphatic hydroxyl groups is 1. The predicted octanol–water partition coefficient (Wildman–Crippen LogP) is 2.62. The van der Waals surface area contributed by atoms with Gasteiger partial charge in [-0.05, 0) is 40.0 Å². The molecule has 2 N–H and O–H groups in total. The fourth-order valence-electron chi connectivity index (χ4n) is 2.20. The monoisotopic (exact) mass is 241 g/mol. The Kier molecular flexibility index (Phi) is 4.59. The van der Waals surface area contributed by atoms with E-state index >= 15 is 0 Å². The Morgan fingerprint density at radius 1 is 1.24 bits per heavy atom. The van der Waals surface area contributed by atoms with E-state index in [1.54, 1.807) is 13.8 Å². The summed E-state index contributed by atoms with van der Waals surface area (Å²) in [5, 5.41) is 12.9. The molecule has 1 aliphatic carbocycles. The zero-order chi connectivity index (χ0) is 13.1. The summed E-state index contributed by atoms with van der Waals surface area (Å²) in [4.78, 5) is 11.8. The van der Waals surface area contributed by atoms with Gasteiger partial charge in [0.25, 0.3) is 0 Å². The Bertz CT molecular complexity index is 260. The second-order valence-corrected chi connectivity index (χ2v) is 6.42. The maximum absolute atomic E-state index is 11.8. The fourth-order valence-corrected chi connectivity index (χ4v) is 2.20. The molecular weight excluding hydrogens is 214 g/mol. The van der Waals surface area contributed by atoms with E-state index in [4.69, 9.17) is 0 Å². The van der Waals surface area contributed by atoms with Gasteiger partial charge < -0.3 is 10.4 Å². The van der Waals surface area contributed by atoms with Gasteiger partial charge in [-0.15, -0.1) is 0 Å². The van der Waals surface area contributed by atoms with Crippen molar-refractivity contribution in [3.63, 3.8) is 0 Å². The molecule has 0 spiro atoms. The van der Waals surface area contributed by atoms with Gasteiger partial charge in [-0.3, -0.25) is 4.79 Å². The second-order valence-electron chi connectivity index (χ2n) is 6.42. The van der Waals surface area contributed by atoms with E-state index in [0.29, 0.717) is 6.42 Å². The summed E-state index contributed by atoms with van der Waals surface area (Å²) < 4.78 is 0. The van der Waals surface area contributed by atoms with Gasteiger partial charge in [0, 0.05) is 6.42 Å². The molecule has 0 atom stereocenters. The maximum Gasteiger partial charge on any atom is 0.220 e. The number of hydrogen-bond donors (Lipinski definition) is 2. The van der Waals surface area contributed by atoms with Gasteiger partial charge in [-0.2, -0.15) is 0 Å². The number of amides is 1. The highest BCUT2D eigenvalue weighted by Crippen LogP contribution is 2.28. The van der Waals surface area contributed by atoms with Crippen LogP contribution in [0.2, 0.25) is 0 Å². The Morgan fingerprint density at radius 2 is 1.76 bits per heavy atom. The minimum atomic E-state index is -0.907. The van der Waals surface area contributed by atoms with Crippen molar-refractivity contribution >= 4 is 5.91 Å². The van der Waals surface area contributed by atoms with E-state index in [2.05, 4.69) is 5.32 Å². The molecule has 1 amide bonds. The van der Waals surface area contributed by atoms with Crippen LogP contribution in [-0.2, 0) is 4.79 Å². The maximum atomic E-state index is 11.8. The molecule has 1 saturated carbocycles. The predicted molar refractivity (Wildman–Crippen MR) is 69.7 cm³/mol. The van der Waals surface area contributed by atoms with Crippen molar-refractivity contribution in [1.82, 2.24) is 5.32 Å². The molecule has 0 aromatic heterocycles. The van der Waals surface area contributed by atoms with Crippen LogP contribution in [0.25, 0.3) is 0 Å². The van der Waals surface area contributed by atoms with Crippen molar-refractivity contribution < 1.29 is 9.90 Å². The third kappa shape index (κ3) is 4.30. The molecule has 0 heterocycles. The normalized spacial score (nSPS) is 18.4. The van der Waals surface area contributed by atoms with Gasteiger partial charge in [0.1, 0.15) is 0 Å². The van der Waals surface area contributed by atoms with Crippen LogP contribution >= 0.6 is 0 Å². The third-order valence-electron chi connectivity index (χ3n) is 4.24. The van der Waals surface area contributed by atoms with Crippen molar-refractivity contribution in [3.8, 4) is 0 Å². The van der Waals surface area contributed by atoms with E-state index in [-0.39, 0.29) is 5.91 Å². The van der Waals surface area contributed by atoms with Crippen molar-refractivity contribution in [2.75, 3.05) is 0 Å². The number of carbonyl (C=O) groups is 1. The van der Waals surface area contributed by atoms with Crippen LogP contribution < -0.4 is 5.32 Å². The molecule has 0 radical (unpaired) electrons. The molecular formula is C14H27NO2. The molecule has 0 saturated heterocycles. The molecule has 100 valence electrons. The van der Waals surface area contributed by atoms with Crippen LogP contribution in [0.3, 0.4) is 0 Å². The zero-order valence-corrected chi connectivity index (χ0v) is 11.7. The first-order valence-corrected chi connectivity index (χ1v) is 6.76. The standard InChI is InChI=1S/C14H27NO2/c1-13(2,14(3,4)17)15-12(16)10-9-11-7-5-6-8-11/h11,17H,5-10H2,1-4H3,(H,15,16). The Labute approximate surface area is 105 Å². The summed E-state index contributed by atoms with van der Waals surface area (Å²) in [7, 11) is 0. The van der Waals surface area contributed by atoms with Crippen molar-refractivity contribution in [2.24, 2.45) is 5.92 Å². The molecule has 0 aromatic rings. The van der Waals surface area contributed by atoms with E-state index in [1.165, 1.54) is 25.7 Å². The molecule has 1 fully saturated rings. The highest BCUT2D eigenvalue weighted by Gasteiger charge is 2.36. The van der Waals surface area contributed by atoms with Crippen molar-refractivity contribution in [2.45, 2.75) is 77.4 Å². The second kappa shape index (κ2) is 5.38. The fraction of sp³-hybridized carbons (Fsp3) is 0.929. The van der Waals surface area contributed by atoms with Crippen LogP contribution in [0.4, 0.5) is 0 Å². The van der Waals surface area contributed by atoms with E-state index in [0.717, 1.165) is 12.3 Å². The Morgan fingerprint density at radius 3 is 2.24 bits per heavy atom. The lowest BCUT2D eigenvalue weighted by molar-refractivity contribution is -0.126. The molecule has 1 rings (SSSR count). The average Bonchev–Trinajstić information content (AvgIpc) is 2.64. The van der Waals surface area contributed by atoms with Gasteiger partial charge in [0.15, 0.2) is 0 Å². The number of nitrogens with one attached hydrogen (secondary N) is 1. The molecule has 1 aliphatic rings. The summed E-state index contributed by atoms with van der Waals surface area (Å²) in [5.41, 5.74) is -1.49. The van der Waals surface area contributed by atoms with Crippen LogP contribution in [0.1, 0.15) is 66.2 Å². The van der Waals surface area contributed by atoms with Crippen LogP contribution in [-0.4, -0.2) is 22.2 Å². The SMILES string of the molecule is CC(C)(O)C(C)(C)NC(=O)CCC1CCCC1. The number of rotatable bonds is 5. The van der Waals surface area contributed by atoms with Crippen LogP contribution in [0.15, 0.2) is 0 Å². The molecule has 3 heteroatoms. The lowest BCUT2D eigenvalue weighted by Crippen LogP contribution is -2.57. The molecule has 0 aliphatic heterocycles. The van der Waals surface area contributed by atoms with Gasteiger partial charge in [-0.1, -0.05) is 25.7 Å². The molecule has 0 aromatic carbocycles. The quantitative estimate of drug-likeness (QED) is 0.777. The highest BCUT2D eigenvalue weighted by molar-refractivity contribution is 5.76. The third-order valence-corrected chi connectivity index (χ3v) is 4.24. The summed E-state index contributed by atoms with van der Waals surface area (Å²) in [6.07, 6.45) is 6.78. The van der Waals surface area contributed by atoms with Gasteiger partial charge in [0.05, 0.1) is 11.1 Å². The number of hydrogen-bond acceptors (Lipinski definition) is 2. The van der Waals surface area contributed by atoms with Gasteiger partial charge >= 0.3 is 0 Å². The minimum Gasteiger partial charge on any atom is -0.388 e. The largest absolute Gasteiger partial charge is 0.388 e. The first kappa shape index (κ1) is 14.5. The Balaban J connectivity index is 2.33. The zero-order valence-electron chi connectivity index (χ0n) is 11.7. The van der Waals surface area contributed by atoms with E-state index < -0.39 is 11.1 Å². The molecule has 17 heavy (non-hydrogen) atoms. The van der Waals surface area contributed by atoms with Crippen LogP contribution in [0, 0.1) is 5.92 Å². The van der Waals surface area contributed by atoms with Crippen molar-refractivity contribution in [3.05, 3.63) is 0 Å². The highest BCUT2D eigenvalue weighted by atomic mass is 16.3. The minimum absolute atomic E-state index is 0.0593. The Hall–Kier alpha value is -0.570. The van der Waals surface area contributed by atoms with Gasteiger partial charge in [-0.25, -0.2) is 0 Å². The lowest BCUT2D eigenvalue weighted by atomic mass is 9.85. The van der Waals surface area contributed by atoms with Gasteiger partial charge in [0.2, 0.25) is 5.91 Å². The lowest BCUT2D eigenvalue weighted by Gasteiger charge is -2.38. The average molecular weight is 241 g/mol. The summed E-state index contributed by atoms with van der Waals surface area (Å²) in [6.45, 7) is 7.18. The first-order valence-electron chi connectivity index (χ1n) is 6.76. The summed E-state index contributed by atoms with van der Waals surface area (Å²) >= 11 is 0. The topological polar surface area (TPSA) is 49.3 Å². The van der Waals surface area contributed by atoms with E-state index in [9.17, 15) is 9.90 Å².